The van der Waals surface area contributed by atoms with Crippen LogP contribution in [-0.2, 0) is 10.0 Å². The smallest absolute Gasteiger partial charge is 0.225 e. The summed E-state index contributed by atoms with van der Waals surface area (Å²) in [6.07, 6.45) is 1.02. The molecule has 0 aromatic heterocycles. The van der Waals surface area contributed by atoms with Gasteiger partial charge in [-0.1, -0.05) is 0 Å². The van der Waals surface area contributed by atoms with Gasteiger partial charge in [0.15, 0.2) is 0 Å². The van der Waals surface area contributed by atoms with Crippen molar-refractivity contribution >= 4 is 15.7 Å². The fraction of sp³-hybridized carbons (Fsp3) is 0.143. The largest absolute Gasteiger partial charge is 0.308 e. The van der Waals surface area contributed by atoms with Crippen LogP contribution in [0.5, 0.6) is 0 Å². The molecule has 1 aromatic carbocycles. The molecule has 0 unspecified atom stereocenters. The summed E-state index contributed by atoms with van der Waals surface area (Å²) in [4.78, 5) is 2.06. The lowest BCUT2D eigenvalue weighted by molar-refractivity contribution is 0.594. The molecular weight excluding hydrogens is 195 g/mol. The Balaban J connectivity index is 2.61. The Hall–Kier alpha value is -1.14. The molecule has 4 nitrogen and oxygen atoms in total. The molecule has 0 aliphatic carbocycles. The summed E-state index contributed by atoms with van der Waals surface area (Å²) in [5.74, 6) is -0.370. The molecule has 0 aliphatic heterocycles. The number of rotatable bonds is 3. The van der Waals surface area contributed by atoms with Crippen molar-refractivity contribution in [2.24, 2.45) is 0 Å². The van der Waals surface area contributed by atoms with Gasteiger partial charge in [-0.2, -0.15) is 0 Å². The van der Waals surface area contributed by atoms with Crippen LogP contribution >= 0.6 is 0 Å². The van der Waals surface area contributed by atoms with Gasteiger partial charge in [0.1, 0.15) is 5.82 Å². The first kappa shape index (κ1) is 9.94. The Morgan fingerprint density at radius 1 is 1.23 bits per heavy atom. The van der Waals surface area contributed by atoms with E-state index in [1.807, 2.05) is 0 Å². The van der Waals surface area contributed by atoms with Crippen LogP contribution in [0, 0.1) is 5.82 Å². The van der Waals surface area contributed by atoms with E-state index in [1.165, 1.54) is 24.3 Å². The van der Waals surface area contributed by atoms with E-state index in [1.54, 1.807) is 0 Å². The van der Waals surface area contributed by atoms with Gasteiger partial charge in [-0.15, -0.1) is 4.83 Å². The first-order valence-corrected chi connectivity index (χ1v) is 5.35. The minimum Gasteiger partial charge on any atom is -0.308 e. The second-order valence-corrected chi connectivity index (χ2v) is 4.25. The highest BCUT2D eigenvalue weighted by molar-refractivity contribution is 7.88. The summed E-state index contributed by atoms with van der Waals surface area (Å²) >= 11 is 0. The van der Waals surface area contributed by atoms with Crippen LogP contribution in [0.25, 0.3) is 0 Å². The van der Waals surface area contributed by atoms with E-state index >= 15 is 0 Å². The van der Waals surface area contributed by atoms with E-state index in [0.717, 1.165) is 6.26 Å². The molecule has 0 spiro atoms. The maximum atomic E-state index is 12.4. The van der Waals surface area contributed by atoms with E-state index in [2.05, 4.69) is 10.3 Å². The van der Waals surface area contributed by atoms with Crippen molar-refractivity contribution in [2.75, 3.05) is 11.7 Å². The highest BCUT2D eigenvalue weighted by Gasteiger charge is 1.98. The van der Waals surface area contributed by atoms with Crippen molar-refractivity contribution in [3.63, 3.8) is 0 Å². The third kappa shape index (κ3) is 3.86. The minimum absolute atomic E-state index is 0.370. The minimum atomic E-state index is -3.29. The van der Waals surface area contributed by atoms with E-state index < -0.39 is 10.0 Å². The average Bonchev–Trinajstić information content (AvgIpc) is 2.02. The lowest BCUT2D eigenvalue weighted by atomic mass is 10.3. The first-order valence-electron chi connectivity index (χ1n) is 3.46. The Bertz CT molecular complexity index is 374. The molecular formula is C7H9FN2O2S. The van der Waals surface area contributed by atoms with Crippen molar-refractivity contribution < 1.29 is 12.8 Å². The van der Waals surface area contributed by atoms with Gasteiger partial charge in [0.2, 0.25) is 10.0 Å². The van der Waals surface area contributed by atoms with Crippen molar-refractivity contribution in [2.45, 2.75) is 0 Å². The van der Waals surface area contributed by atoms with Crippen molar-refractivity contribution in [1.82, 2.24) is 4.83 Å². The normalized spacial score (nSPS) is 11.2. The van der Waals surface area contributed by atoms with E-state index in [0.29, 0.717) is 5.69 Å². The maximum Gasteiger partial charge on any atom is 0.225 e. The molecule has 0 fully saturated rings. The SMILES string of the molecule is CS(=O)(=O)NNc1ccc(F)cc1. The van der Waals surface area contributed by atoms with E-state index in [4.69, 9.17) is 0 Å². The van der Waals surface area contributed by atoms with Crippen molar-refractivity contribution in [3.05, 3.63) is 30.1 Å². The molecule has 0 saturated carbocycles. The average molecular weight is 204 g/mol. The zero-order valence-corrected chi connectivity index (χ0v) is 7.73. The number of benzene rings is 1. The molecule has 0 radical (unpaired) electrons. The lowest BCUT2D eigenvalue weighted by Crippen LogP contribution is -2.27. The molecule has 72 valence electrons. The predicted octanol–water partition coefficient (Wildman–Crippen LogP) is 0.702. The zero-order chi connectivity index (χ0) is 9.90. The van der Waals surface area contributed by atoms with Crippen LogP contribution < -0.4 is 10.3 Å². The molecule has 0 bridgehead atoms. The summed E-state index contributed by atoms with van der Waals surface area (Å²) < 4.78 is 33.6. The van der Waals surface area contributed by atoms with Gasteiger partial charge < -0.3 is 5.43 Å². The molecule has 0 heterocycles. The van der Waals surface area contributed by atoms with E-state index in [-0.39, 0.29) is 5.82 Å². The van der Waals surface area contributed by atoms with Crippen LogP contribution in [0.15, 0.2) is 24.3 Å². The summed E-state index contributed by atoms with van der Waals surface area (Å²) in [6, 6.07) is 5.31. The topological polar surface area (TPSA) is 58.2 Å². The van der Waals surface area contributed by atoms with Gasteiger partial charge in [0, 0.05) is 5.69 Å². The van der Waals surface area contributed by atoms with Gasteiger partial charge in [0.25, 0.3) is 0 Å². The third-order valence-electron chi connectivity index (χ3n) is 1.22. The monoisotopic (exact) mass is 204 g/mol. The standard InChI is InChI=1S/C7H9FN2O2S/c1-13(11,12)10-9-7-4-2-6(8)3-5-7/h2-5,9-10H,1H3. The Morgan fingerprint density at radius 3 is 2.23 bits per heavy atom. The van der Waals surface area contributed by atoms with Crippen LogP contribution in [0.2, 0.25) is 0 Å². The maximum absolute atomic E-state index is 12.4. The summed E-state index contributed by atoms with van der Waals surface area (Å²) in [5.41, 5.74) is 2.89. The van der Waals surface area contributed by atoms with Crippen LogP contribution in [0.3, 0.4) is 0 Å². The fourth-order valence-electron chi connectivity index (χ4n) is 0.685. The van der Waals surface area contributed by atoms with Gasteiger partial charge >= 0.3 is 0 Å². The third-order valence-corrected chi connectivity index (χ3v) is 1.70. The highest BCUT2D eigenvalue weighted by Crippen LogP contribution is 2.06. The van der Waals surface area contributed by atoms with Crippen LogP contribution in [-0.4, -0.2) is 14.7 Å². The number of halogens is 1. The summed E-state index contributed by atoms with van der Waals surface area (Å²) in [7, 11) is -3.29. The number of hydrogen-bond acceptors (Lipinski definition) is 3. The second kappa shape index (κ2) is 3.71. The number of anilines is 1. The first-order chi connectivity index (χ1) is 5.97. The Labute approximate surface area is 75.8 Å². The van der Waals surface area contributed by atoms with Gasteiger partial charge in [0.05, 0.1) is 6.26 Å². The number of nitrogens with one attached hydrogen (secondary N) is 2. The Morgan fingerprint density at radius 2 is 1.77 bits per heavy atom. The summed E-state index contributed by atoms with van der Waals surface area (Å²) in [6.45, 7) is 0. The van der Waals surface area contributed by atoms with Crippen LogP contribution in [0.1, 0.15) is 0 Å². The lowest BCUT2D eigenvalue weighted by Gasteiger charge is -2.05. The van der Waals surface area contributed by atoms with Gasteiger partial charge in [-0.25, -0.2) is 12.8 Å². The van der Waals surface area contributed by atoms with Crippen LogP contribution in [0.4, 0.5) is 10.1 Å². The second-order valence-electron chi connectivity index (χ2n) is 2.51. The predicted molar refractivity (Wildman–Crippen MR) is 48.0 cm³/mol. The zero-order valence-electron chi connectivity index (χ0n) is 6.91. The molecule has 1 aromatic rings. The molecule has 1 rings (SSSR count). The molecule has 0 amide bonds. The molecule has 0 saturated heterocycles. The fourth-order valence-corrected chi connectivity index (χ4v) is 0.988. The quantitative estimate of drug-likeness (QED) is 0.712. The van der Waals surface area contributed by atoms with Crippen molar-refractivity contribution in [3.8, 4) is 0 Å². The molecule has 0 aliphatic rings. The van der Waals surface area contributed by atoms with Gasteiger partial charge in [-0.3, -0.25) is 0 Å². The molecule has 0 atom stereocenters. The van der Waals surface area contributed by atoms with Crippen molar-refractivity contribution in [1.29, 1.82) is 0 Å². The number of hydrogen-bond donors (Lipinski definition) is 2. The Kier molecular flexibility index (Phi) is 2.84. The molecule has 2 N–H and O–H groups in total. The van der Waals surface area contributed by atoms with E-state index in [9.17, 15) is 12.8 Å². The molecule has 13 heavy (non-hydrogen) atoms. The number of sulfonamides is 1. The number of hydrazine groups is 1. The van der Waals surface area contributed by atoms with Gasteiger partial charge in [-0.05, 0) is 24.3 Å². The summed E-state index contributed by atoms with van der Waals surface area (Å²) in [5, 5.41) is 0. The highest BCUT2D eigenvalue weighted by atomic mass is 32.2. The molecule has 6 heteroatoms.